The van der Waals surface area contributed by atoms with E-state index in [0.717, 1.165) is 32.2 Å². The lowest BCUT2D eigenvalue weighted by molar-refractivity contribution is -0.146. The molecule has 1 aliphatic heterocycles. The van der Waals surface area contributed by atoms with E-state index < -0.39 is 12.0 Å². The molecule has 1 heterocycles. The molecule has 1 unspecified atom stereocenters. The molecule has 0 aromatic carbocycles. The van der Waals surface area contributed by atoms with Gasteiger partial charge in [0, 0.05) is 39.3 Å². The normalized spacial score (nSPS) is 25.4. The van der Waals surface area contributed by atoms with E-state index in [-0.39, 0.29) is 6.61 Å². The van der Waals surface area contributed by atoms with Gasteiger partial charge in [-0.15, -0.1) is 0 Å². The van der Waals surface area contributed by atoms with Gasteiger partial charge < -0.3 is 9.84 Å². The molecule has 1 N–H and O–H groups in total. The summed E-state index contributed by atoms with van der Waals surface area (Å²) in [5.41, 5.74) is 0. The van der Waals surface area contributed by atoms with E-state index in [1.54, 1.807) is 7.11 Å². The van der Waals surface area contributed by atoms with Crippen LogP contribution in [0.25, 0.3) is 0 Å². The Morgan fingerprint density at radius 2 is 1.89 bits per heavy atom. The molecule has 0 bridgehead atoms. The predicted molar refractivity (Wildman–Crippen MR) is 68.7 cm³/mol. The molecule has 5 heteroatoms. The predicted octanol–water partition coefficient (Wildman–Crippen LogP) is 0.646. The van der Waals surface area contributed by atoms with E-state index in [1.165, 1.54) is 25.7 Å². The van der Waals surface area contributed by atoms with Gasteiger partial charge >= 0.3 is 5.97 Å². The Morgan fingerprint density at radius 1 is 1.28 bits per heavy atom. The van der Waals surface area contributed by atoms with Crippen molar-refractivity contribution in [2.75, 3.05) is 39.9 Å². The molecule has 0 radical (unpaired) electrons. The van der Waals surface area contributed by atoms with Crippen molar-refractivity contribution in [1.82, 2.24) is 9.80 Å². The number of aliphatic carboxylic acids is 1. The lowest BCUT2D eigenvalue weighted by Gasteiger charge is -2.40. The molecule has 0 aromatic rings. The number of piperazine rings is 1. The van der Waals surface area contributed by atoms with Crippen molar-refractivity contribution in [1.29, 1.82) is 0 Å². The number of carboxylic acid groups (broad SMARTS) is 1. The van der Waals surface area contributed by atoms with Crippen LogP contribution >= 0.6 is 0 Å². The van der Waals surface area contributed by atoms with E-state index in [2.05, 4.69) is 4.90 Å². The molecule has 104 valence electrons. The highest BCUT2D eigenvalue weighted by molar-refractivity contribution is 5.73. The Morgan fingerprint density at radius 3 is 2.39 bits per heavy atom. The second kappa shape index (κ2) is 6.50. The SMILES string of the molecule is COCC(C(=O)O)N1CCN(C2CCCC2)CC1. The van der Waals surface area contributed by atoms with Crippen LogP contribution in [0.1, 0.15) is 25.7 Å². The summed E-state index contributed by atoms with van der Waals surface area (Å²) >= 11 is 0. The minimum Gasteiger partial charge on any atom is -0.480 e. The van der Waals surface area contributed by atoms with Gasteiger partial charge in [0.05, 0.1) is 6.61 Å². The van der Waals surface area contributed by atoms with Crippen LogP contribution in [0.3, 0.4) is 0 Å². The second-order valence-corrected chi connectivity index (χ2v) is 5.32. The van der Waals surface area contributed by atoms with Crippen LogP contribution in [0.2, 0.25) is 0 Å². The number of nitrogens with zero attached hydrogens (tertiary/aromatic N) is 2. The fraction of sp³-hybridized carbons (Fsp3) is 0.923. The van der Waals surface area contributed by atoms with Crippen LogP contribution in [-0.2, 0) is 9.53 Å². The Bertz CT molecular complexity index is 271. The van der Waals surface area contributed by atoms with E-state index in [0.29, 0.717) is 0 Å². The van der Waals surface area contributed by atoms with Crippen molar-refractivity contribution in [3.05, 3.63) is 0 Å². The molecule has 0 spiro atoms. The van der Waals surface area contributed by atoms with E-state index >= 15 is 0 Å². The van der Waals surface area contributed by atoms with Crippen molar-refractivity contribution in [2.45, 2.75) is 37.8 Å². The van der Waals surface area contributed by atoms with Crippen LogP contribution in [-0.4, -0.2) is 72.9 Å². The van der Waals surface area contributed by atoms with Gasteiger partial charge in [-0.3, -0.25) is 14.6 Å². The van der Waals surface area contributed by atoms with E-state index in [1.807, 2.05) is 4.90 Å². The minimum absolute atomic E-state index is 0.277. The minimum atomic E-state index is -0.772. The molecule has 18 heavy (non-hydrogen) atoms. The third-order valence-electron chi connectivity index (χ3n) is 4.24. The van der Waals surface area contributed by atoms with Crippen molar-refractivity contribution >= 4 is 5.97 Å². The Hall–Kier alpha value is -0.650. The van der Waals surface area contributed by atoms with Gasteiger partial charge in [-0.25, -0.2) is 0 Å². The topological polar surface area (TPSA) is 53.0 Å². The lowest BCUT2D eigenvalue weighted by atomic mass is 10.1. The Labute approximate surface area is 109 Å². The van der Waals surface area contributed by atoms with Crippen LogP contribution < -0.4 is 0 Å². The molecule has 0 amide bonds. The molecule has 5 nitrogen and oxygen atoms in total. The average Bonchev–Trinajstić information content (AvgIpc) is 2.90. The molecule has 1 saturated carbocycles. The first-order valence-corrected chi connectivity index (χ1v) is 6.92. The van der Waals surface area contributed by atoms with Crippen molar-refractivity contribution in [2.24, 2.45) is 0 Å². The van der Waals surface area contributed by atoms with Crippen LogP contribution in [0.15, 0.2) is 0 Å². The fourth-order valence-corrected chi connectivity index (χ4v) is 3.17. The molecule has 2 fully saturated rings. The van der Waals surface area contributed by atoms with Gasteiger partial charge in [0.1, 0.15) is 6.04 Å². The van der Waals surface area contributed by atoms with Gasteiger partial charge in [0.2, 0.25) is 0 Å². The van der Waals surface area contributed by atoms with Crippen molar-refractivity contribution in [3.8, 4) is 0 Å². The molecule has 1 aliphatic carbocycles. The zero-order chi connectivity index (χ0) is 13.0. The first-order chi connectivity index (χ1) is 8.72. The second-order valence-electron chi connectivity index (χ2n) is 5.32. The van der Waals surface area contributed by atoms with Gasteiger partial charge in [0.25, 0.3) is 0 Å². The molecule has 2 rings (SSSR count). The lowest BCUT2D eigenvalue weighted by Crippen LogP contribution is -2.55. The average molecular weight is 256 g/mol. The van der Waals surface area contributed by atoms with Crippen LogP contribution in [0, 0.1) is 0 Å². The summed E-state index contributed by atoms with van der Waals surface area (Å²) in [4.78, 5) is 15.8. The fourth-order valence-electron chi connectivity index (χ4n) is 3.17. The maximum Gasteiger partial charge on any atom is 0.323 e. The number of carbonyl (C=O) groups is 1. The van der Waals surface area contributed by atoms with Gasteiger partial charge in [-0.2, -0.15) is 0 Å². The summed E-state index contributed by atoms with van der Waals surface area (Å²) in [5, 5.41) is 9.20. The zero-order valence-electron chi connectivity index (χ0n) is 11.2. The maximum absolute atomic E-state index is 11.2. The highest BCUT2D eigenvalue weighted by Gasteiger charge is 2.31. The number of methoxy groups -OCH3 is 1. The molecule has 2 aliphatic rings. The summed E-state index contributed by atoms with van der Waals surface area (Å²) in [6.07, 6.45) is 5.35. The first-order valence-electron chi connectivity index (χ1n) is 6.92. The molecule has 0 aromatic heterocycles. The highest BCUT2D eigenvalue weighted by Crippen LogP contribution is 2.24. The molecular formula is C13H24N2O3. The molecule has 1 saturated heterocycles. The number of hydrogen-bond donors (Lipinski definition) is 1. The maximum atomic E-state index is 11.2. The van der Waals surface area contributed by atoms with Crippen molar-refractivity contribution < 1.29 is 14.6 Å². The summed E-state index contributed by atoms with van der Waals surface area (Å²) < 4.78 is 5.01. The first kappa shape index (κ1) is 13.8. The zero-order valence-corrected chi connectivity index (χ0v) is 11.2. The Kier molecular flexibility index (Phi) is 4.97. The smallest absolute Gasteiger partial charge is 0.323 e. The molecule has 1 atom stereocenters. The quantitative estimate of drug-likeness (QED) is 0.782. The van der Waals surface area contributed by atoms with Crippen LogP contribution in [0.5, 0.6) is 0 Å². The number of carboxylic acids is 1. The monoisotopic (exact) mass is 256 g/mol. The van der Waals surface area contributed by atoms with Gasteiger partial charge in [0.15, 0.2) is 0 Å². The largest absolute Gasteiger partial charge is 0.480 e. The van der Waals surface area contributed by atoms with Gasteiger partial charge in [-0.05, 0) is 12.8 Å². The summed E-state index contributed by atoms with van der Waals surface area (Å²) in [7, 11) is 1.56. The van der Waals surface area contributed by atoms with Gasteiger partial charge in [-0.1, -0.05) is 12.8 Å². The summed E-state index contributed by atoms with van der Waals surface area (Å²) in [5.74, 6) is -0.772. The third-order valence-corrected chi connectivity index (χ3v) is 4.24. The van der Waals surface area contributed by atoms with Crippen molar-refractivity contribution in [3.63, 3.8) is 0 Å². The van der Waals surface area contributed by atoms with E-state index in [9.17, 15) is 9.90 Å². The molecular weight excluding hydrogens is 232 g/mol. The summed E-state index contributed by atoms with van der Waals surface area (Å²) in [6.45, 7) is 3.96. The number of rotatable bonds is 5. The number of hydrogen-bond acceptors (Lipinski definition) is 4. The third kappa shape index (κ3) is 3.22. The Balaban J connectivity index is 1.82. The van der Waals surface area contributed by atoms with E-state index in [4.69, 9.17) is 4.74 Å². The highest BCUT2D eigenvalue weighted by atomic mass is 16.5. The number of ether oxygens (including phenoxy) is 1. The standard InChI is InChI=1S/C13H24N2O3/c1-18-10-12(13(16)17)15-8-6-14(7-9-15)11-4-2-3-5-11/h11-12H,2-10H2,1H3,(H,16,17). The van der Waals surface area contributed by atoms with Crippen LogP contribution in [0.4, 0.5) is 0 Å². The summed E-state index contributed by atoms with van der Waals surface area (Å²) in [6, 6.07) is 0.263.